The maximum absolute atomic E-state index is 12.0. The van der Waals surface area contributed by atoms with Gasteiger partial charge < -0.3 is 4.74 Å². The van der Waals surface area contributed by atoms with Crippen molar-refractivity contribution >= 4 is 55.3 Å². The first-order chi connectivity index (χ1) is 12.1. The number of benzene rings is 1. The third-order valence-electron chi connectivity index (χ3n) is 3.70. The molecule has 0 spiro atoms. The van der Waals surface area contributed by atoms with Gasteiger partial charge in [0.2, 0.25) is 11.8 Å². The van der Waals surface area contributed by atoms with Crippen LogP contribution in [0.5, 0.6) is 0 Å². The minimum atomic E-state index is -0.372. The zero-order chi connectivity index (χ0) is 20.0. The molecule has 1 rings (SSSR count). The Bertz CT molecular complexity index is 678. The molecule has 0 aliphatic carbocycles. The molecule has 0 atom stereocenters. The Morgan fingerprint density at radius 1 is 1.12 bits per heavy atom. The number of amides is 2. The second kappa shape index (κ2) is 10.2. The van der Waals surface area contributed by atoms with Gasteiger partial charge in [0.05, 0.1) is 18.8 Å². The third kappa shape index (κ3) is 6.17. The predicted molar refractivity (Wildman–Crippen MR) is 108 cm³/mol. The van der Waals surface area contributed by atoms with E-state index >= 15 is 0 Å². The molecule has 0 radical (unpaired) electrons. The van der Waals surface area contributed by atoms with E-state index in [-0.39, 0.29) is 30.4 Å². The summed E-state index contributed by atoms with van der Waals surface area (Å²) in [5.74, 6) is -1.06. The minimum absolute atomic E-state index is 0.0631. The normalized spacial score (nSPS) is 11.0. The van der Waals surface area contributed by atoms with Gasteiger partial charge in [0, 0.05) is 35.4 Å². The molecule has 0 unspecified atom stereocenters. The van der Waals surface area contributed by atoms with E-state index in [9.17, 15) is 14.4 Å². The summed E-state index contributed by atoms with van der Waals surface area (Å²) in [4.78, 5) is 39.1. The highest BCUT2D eigenvalue weighted by atomic mass is 79.9. The first kappa shape index (κ1) is 22.8. The van der Waals surface area contributed by atoms with Crippen LogP contribution in [-0.4, -0.2) is 41.9 Å². The molecule has 0 N–H and O–H groups in total. The Morgan fingerprint density at radius 3 is 2.15 bits per heavy atom. The Labute approximate surface area is 171 Å². The van der Waals surface area contributed by atoms with Crippen molar-refractivity contribution in [2.24, 2.45) is 0 Å². The molecule has 26 heavy (non-hydrogen) atoms. The summed E-state index contributed by atoms with van der Waals surface area (Å²) in [6.07, 6.45) is 0. The second-order valence-electron chi connectivity index (χ2n) is 6.07. The lowest BCUT2D eigenvalue weighted by Gasteiger charge is -2.29. The van der Waals surface area contributed by atoms with E-state index in [0.29, 0.717) is 23.3 Å². The largest absolute Gasteiger partial charge is 0.465 e. The van der Waals surface area contributed by atoms with E-state index in [0.717, 1.165) is 14.9 Å². The molecule has 0 aliphatic rings. The average Bonchev–Trinajstić information content (AvgIpc) is 2.48. The molecule has 144 valence electrons. The lowest BCUT2D eigenvalue weighted by molar-refractivity contribution is -0.145. The summed E-state index contributed by atoms with van der Waals surface area (Å²) >= 11 is 6.90. The van der Waals surface area contributed by atoms with Gasteiger partial charge in [-0.3, -0.25) is 19.3 Å². The first-order valence-corrected chi connectivity index (χ1v) is 9.85. The highest BCUT2D eigenvalue weighted by molar-refractivity contribution is 9.11. The van der Waals surface area contributed by atoms with E-state index in [1.807, 2.05) is 24.8 Å². The van der Waals surface area contributed by atoms with Crippen LogP contribution in [0.1, 0.15) is 40.2 Å². The average molecular weight is 492 g/mol. The molecule has 6 nitrogen and oxygen atoms in total. The third-order valence-corrected chi connectivity index (χ3v) is 4.76. The molecule has 0 aliphatic heterocycles. The van der Waals surface area contributed by atoms with Crippen LogP contribution in [0.25, 0.3) is 0 Å². The zero-order valence-corrected chi connectivity index (χ0v) is 18.8. The first-order valence-electron chi connectivity index (χ1n) is 8.27. The minimum Gasteiger partial charge on any atom is -0.465 e. The van der Waals surface area contributed by atoms with Crippen LogP contribution in [0, 0.1) is 0 Å². The highest BCUT2D eigenvalue weighted by Crippen LogP contribution is 2.35. The summed E-state index contributed by atoms with van der Waals surface area (Å²) in [7, 11) is 0. The number of anilines is 1. The van der Waals surface area contributed by atoms with Crippen molar-refractivity contribution in [1.29, 1.82) is 0 Å². The van der Waals surface area contributed by atoms with Gasteiger partial charge in [0.15, 0.2) is 0 Å². The molecule has 0 aromatic heterocycles. The van der Waals surface area contributed by atoms with Gasteiger partial charge in [0.25, 0.3) is 0 Å². The summed E-state index contributed by atoms with van der Waals surface area (Å²) < 4.78 is 6.46. The summed E-state index contributed by atoms with van der Waals surface area (Å²) in [6, 6.07) is 3.69. The van der Waals surface area contributed by atoms with Gasteiger partial charge in [-0.2, -0.15) is 0 Å². The Balaban J connectivity index is 3.34. The van der Waals surface area contributed by atoms with Gasteiger partial charge in [-0.15, -0.1) is 0 Å². The van der Waals surface area contributed by atoms with Crippen LogP contribution < -0.4 is 4.90 Å². The number of carbonyl (C=O) groups excluding carboxylic acids is 3. The molecule has 0 fully saturated rings. The van der Waals surface area contributed by atoms with Gasteiger partial charge in [-0.1, -0.05) is 15.9 Å². The van der Waals surface area contributed by atoms with Crippen molar-refractivity contribution < 1.29 is 19.1 Å². The fourth-order valence-electron chi connectivity index (χ4n) is 2.54. The van der Waals surface area contributed by atoms with Crippen LogP contribution in [0.15, 0.2) is 21.1 Å². The van der Waals surface area contributed by atoms with Crippen molar-refractivity contribution in [1.82, 2.24) is 4.90 Å². The van der Waals surface area contributed by atoms with E-state index in [4.69, 9.17) is 4.74 Å². The zero-order valence-electron chi connectivity index (χ0n) is 15.6. The Kier molecular flexibility index (Phi) is 8.92. The fraction of sp³-hybridized carbons (Fsp3) is 0.500. The number of carbonyl (C=O) groups is 3. The van der Waals surface area contributed by atoms with Crippen LogP contribution in [0.4, 0.5) is 5.69 Å². The molecular weight excluding hydrogens is 468 g/mol. The number of rotatable bonds is 7. The van der Waals surface area contributed by atoms with Crippen molar-refractivity contribution in [3.63, 3.8) is 0 Å². The predicted octanol–water partition coefficient (Wildman–Crippen LogP) is 3.88. The molecule has 1 aromatic carbocycles. The molecule has 2 amide bonds. The highest BCUT2D eigenvalue weighted by Gasteiger charge is 2.25. The number of ether oxygens (including phenoxy) is 1. The summed E-state index contributed by atoms with van der Waals surface area (Å²) in [6.45, 7) is 9.21. The fourth-order valence-corrected chi connectivity index (χ4v) is 4.03. The van der Waals surface area contributed by atoms with Crippen molar-refractivity contribution in [2.45, 2.75) is 47.2 Å². The number of imide groups is 1. The molecule has 0 bridgehead atoms. The Morgan fingerprint density at radius 2 is 1.69 bits per heavy atom. The molecule has 0 heterocycles. The van der Waals surface area contributed by atoms with Crippen LogP contribution >= 0.6 is 31.9 Å². The van der Waals surface area contributed by atoms with Crippen LogP contribution in [-0.2, 0) is 25.7 Å². The number of hydrogen-bond acceptors (Lipinski definition) is 5. The van der Waals surface area contributed by atoms with Crippen LogP contribution in [0.3, 0.4) is 0 Å². The molecular formula is C18H24Br2N2O4. The maximum atomic E-state index is 12.0. The van der Waals surface area contributed by atoms with Gasteiger partial charge >= 0.3 is 5.97 Å². The summed E-state index contributed by atoms with van der Waals surface area (Å²) in [5.41, 5.74) is 1.23. The van der Waals surface area contributed by atoms with Crippen LogP contribution in [0.2, 0.25) is 0 Å². The lowest BCUT2D eigenvalue weighted by Crippen LogP contribution is -2.38. The monoisotopic (exact) mass is 490 g/mol. The summed E-state index contributed by atoms with van der Waals surface area (Å²) in [5, 5.41) is 0. The van der Waals surface area contributed by atoms with Gasteiger partial charge in [-0.25, -0.2) is 4.90 Å². The maximum Gasteiger partial charge on any atom is 0.320 e. The van der Waals surface area contributed by atoms with Gasteiger partial charge in [0.1, 0.15) is 0 Å². The topological polar surface area (TPSA) is 66.9 Å². The van der Waals surface area contributed by atoms with E-state index < -0.39 is 0 Å². The van der Waals surface area contributed by atoms with Crippen molar-refractivity contribution in [3.05, 3.63) is 26.6 Å². The number of hydrogen-bond donors (Lipinski definition) is 0. The second-order valence-corrected chi connectivity index (χ2v) is 7.84. The SMILES string of the molecule is CCOC(=O)CN(Cc1cc(Br)cc(Br)c1N(C(C)=O)C(C)=O)C(C)C. The van der Waals surface area contributed by atoms with E-state index in [1.165, 1.54) is 13.8 Å². The smallest absolute Gasteiger partial charge is 0.320 e. The molecule has 0 saturated heterocycles. The quantitative estimate of drug-likeness (QED) is 0.541. The molecule has 1 aromatic rings. The molecule has 0 saturated carbocycles. The lowest BCUT2D eigenvalue weighted by atomic mass is 10.1. The number of esters is 1. The van der Waals surface area contributed by atoms with Gasteiger partial charge in [-0.05, 0) is 54.4 Å². The van der Waals surface area contributed by atoms with E-state index in [2.05, 4.69) is 31.9 Å². The van der Waals surface area contributed by atoms with E-state index in [1.54, 1.807) is 13.0 Å². The Hall–Kier alpha value is -1.25. The number of halogens is 2. The number of nitrogens with zero attached hydrogens (tertiary/aromatic N) is 2. The van der Waals surface area contributed by atoms with Crippen molar-refractivity contribution in [2.75, 3.05) is 18.1 Å². The standard InChI is InChI=1S/C18H24Br2N2O4/c1-6-26-17(25)10-21(11(2)3)9-14-7-15(19)8-16(20)18(14)22(12(4)23)13(5)24/h7-8,11H,6,9-10H2,1-5H3. The van der Waals surface area contributed by atoms with Crippen molar-refractivity contribution in [3.8, 4) is 0 Å². The molecule has 8 heteroatoms.